The molecule has 0 rings (SSSR count). The van der Waals surface area contributed by atoms with Crippen molar-refractivity contribution in [3.05, 3.63) is 0 Å². The monoisotopic (exact) mass is 183 g/mol. The molecule has 0 aliphatic carbocycles. The van der Waals surface area contributed by atoms with Crippen molar-refractivity contribution >= 4 is 33.9 Å². The standard InChI is InChI=1S/C6H14N3O2.Na/c7-1-2-9-5(4-8)3-6(10)11;/h2,5,9H,1,3-4,7-8H2,(H,10,11);. The molecule has 0 radical (unpaired) electrons. The minimum atomic E-state index is -0.830. The van der Waals surface area contributed by atoms with Crippen LogP contribution in [-0.4, -0.2) is 61.4 Å². The third-order valence-corrected chi connectivity index (χ3v) is 2.38. The summed E-state index contributed by atoms with van der Waals surface area (Å²) < 4.78 is 0.248. The normalized spacial score (nSPS) is 15.7. The molecule has 12 heavy (non-hydrogen) atoms. The molecular weight excluding hydrogens is 169 g/mol. The minimum absolute atomic E-state index is 0.0647. The van der Waals surface area contributed by atoms with Crippen LogP contribution in [-0.2, 0) is 4.79 Å². The summed E-state index contributed by atoms with van der Waals surface area (Å²) in [5, 5.41) is 11.6. The van der Waals surface area contributed by atoms with E-state index in [1.807, 2.05) is 0 Å². The van der Waals surface area contributed by atoms with Gasteiger partial charge in [-0.3, -0.25) is 0 Å². The van der Waals surface area contributed by atoms with Gasteiger partial charge in [0.1, 0.15) is 0 Å². The van der Waals surface area contributed by atoms with E-state index in [2.05, 4.69) is 5.32 Å². The first-order valence-electron chi connectivity index (χ1n) is 3.98. The molecule has 0 aliphatic heterocycles. The molecule has 6 N–H and O–H groups in total. The topological polar surface area (TPSA) is 101 Å². The van der Waals surface area contributed by atoms with Crippen LogP contribution in [0.25, 0.3) is 0 Å². The first-order valence-corrected chi connectivity index (χ1v) is 5.13. The third-order valence-electron chi connectivity index (χ3n) is 1.58. The Morgan fingerprint density at radius 1 is 1.50 bits per heavy atom. The van der Waals surface area contributed by atoms with Crippen LogP contribution in [0.4, 0.5) is 0 Å². The number of hydrogen-bond donors (Lipinski definition) is 4. The molecule has 0 aromatic rings. The zero-order valence-electron chi connectivity index (χ0n) is 7.29. The van der Waals surface area contributed by atoms with E-state index >= 15 is 0 Å². The number of aliphatic carboxylic acids is 1. The molecule has 0 amide bonds. The van der Waals surface area contributed by atoms with Crippen molar-refractivity contribution in [2.45, 2.75) is 15.8 Å². The van der Waals surface area contributed by atoms with Crippen LogP contribution in [0.5, 0.6) is 0 Å². The Hall–Kier alpha value is 0.350. The van der Waals surface area contributed by atoms with Crippen LogP contribution < -0.4 is 16.8 Å². The molecule has 6 heteroatoms. The maximum absolute atomic E-state index is 10.3. The van der Waals surface area contributed by atoms with Crippen molar-refractivity contribution < 1.29 is 9.90 Å². The van der Waals surface area contributed by atoms with Gasteiger partial charge in [-0.05, 0) is 0 Å². The summed E-state index contributed by atoms with van der Waals surface area (Å²) in [7, 11) is 0. The molecule has 2 unspecified atom stereocenters. The van der Waals surface area contributed by atoms with Gasteiger partial charge in [-0.25, -0.2) is 0 Å². The first kappa shape index (κ1) is 12.3. The maximum atomic E-state index is 10.3. The van der Waals surface area contributed by atoms with Crippen molar-refractivity contribution in [2.24, 2.45) is 11.5 Å². The molecule has 66 valence electrons. The summed E-state index contributed by atoms with van der Waals surface area (Å²) in [6, 6.07) is -0.145. The molecule has 0 saturated heterocycles. The summed E-state index contributed by atoms with van der Waals surface area (Å²) in [5.74, 6) is -0.830. The van der Waals surface area contributed by atoms with E-state index in [1.165, 1.54) is 0 Å². The van der Waals surface area contributed by atoms with Gasteiger partial charge in [-0.15, -0.1) is 0 Å². The van der Waals surface area contributed by atoms with Crippen molar-refractivity contribution in [3.8, 4) is 0 Å². The van der Waals surface area contributed by atoms with E-state index < -0.39 is 5.97 Å². The fourth-order valence-electron chi connectivity index (χ4n) is 0.891. The van der Waals surface area contributed by atoms with Crippen LogP contribution in [0.3, 0.4) is 0 Å². The number of rotatable bonds is 6. The number of nitrogens with one attached hydrogen (secondary N) is 1. The second kappa shape index (κ2) is 6.82. The summed E-state index contributed by atoms with van der Waals surface area (Å²) >= 11 is 0.908. The molecule has 5 nitrogen and oxygen atoms in total. The average molecular weight is 183 g/mol. The predicted octanol–water partition coefficient (Wildman–Crippen LogP) is -2.17. The van der Waals surface area contributed by atoms with Gasteiger partial charge < -0.3 is 0 Å². The second-order valence-electron chi connectivity index (χ2n) is 2.83. The van der Waals surface area contributed by atoms with E-state index in [1.54, 1.807) is 0 Å². The first-order chi connectivity index (χ1) is 5.60. The molecular formula is C6H14N3NaO2. The van der Waals surface area contributed by atoms with Gasteiger partial charge in [0, 0.05) is 0 Å². The number of hydrogen-bond acceptors (Lipinski definition) is 4. The molecule has 0 heterocycles. The van der Waals surface area contributed by atoms with Gasteiger partial charge in [-0.1, -0.05) is 0 Å². The SMILES string of the molecule is NC[CH]([Na])NC(CN)CC(=O)O. The summed E-state index contributed by atoms with van der Waals surface area (Å²) in [4.78, 5) is 10.3. The van der Waals surface area contributed by atoms with E-state index in [4.69, 9.17) is 16.6 Å². The fraction of sp³-hybridized carbons (Fsp3) is 0.833. The Bertz CT molecular complexity index is 145. The zero-order valence-corrected chi connectivity index (χ0v) is 9.29. The summed E-state index contributed by atoms with van der Waals surface area (Å²) in [6.07, 6.45) is 0.0647. The van der Waals surface area contributed by atoms with Gasteiger partial charge in [0.25, 0.3) is 0 Å². The van der Waals surface area contributed by atoms with Gasteiger partial charge in [-0.2, -0.15) is 0 Å². The predicted molar refractivity (Wildman–Crippen MR) is 46.8 cm³/mol. The molecule has 2 atom stereocenters. The molecule has 0 aromatic heterocycles. The Kier molecular flexibility index (Phi) is 7.02. The molecule has 0 saturated carbocycles. The fourth-order valence-corrected chi connectivity index (χ4v) is 1.36. The second-order valence-corrected chi connectivity index (χ2v) is 4.23. The molecule has 0 aliphatic rings. The zero-order chi connectivity index (χ0) is 9.56. The van der Waals surface area contributed by atoms with Gasteiger partial charge in [0.15, 0.2) is 0 Å². The number of carboxylic acid groups (broad SMARTS) is 1. The van der Waals surface area contributed by atoms with Crippen molar-refractivity contribution in [3.63, 3.8) is 0 Å². The summed E-state index contributed by atoms with van der Waals surface area (Å²) in [6.45, 7) is 0.882. The molecule has 0 aromatic carbocycles. The quantitative estimate of drug-likeness (QED) is 0.351. The third kappa shape index (κ3) is 5.93. The Morgan fingerprint density at radius 2 is 2.08 bits per heavy atom. The van der Waals surface area contributed by atoms with Crippen molar-refractivity contribution in [1.82, 2.24) is 5.32 Å². The van der Waals surface area contributed by atoms with Crippen LogP contribution in [0.2, 0.25) is 0 Å². The Morgan fingerprint density at radius 3 is 2.42 bits per heavy atom. The van der Waals surface area contributed by atoms with E-state index in [-0.39, 0.29) is 15.8 Å². The van der Waals surface area contributed by atoms with Crippen molar-refractivity contribution in [2.75, 3.05) is 13.1 Å². The molecule has 0 bridgehead atoms. The van der Waals surface area contributed by atoms with Gasteiger partial charge >= 0.3 is 89.4 Å². The van der Waals surface area contributed by atoms with Gasteiger partial charge in [0.05, 0.1) is 0 Å². The van der Waals surface area contributed by atoms with Crippen LogP contribution in [0.1, 0.15) is 6.42 Å². The summed E-state index contributed by atoms with van der Waals surface area (Å²) in [5.41, 5.74) is 10.8. The van der Waals surface area contributed by atoms with E-state index in [9.17, 15) is 4.79 Å². The van der Waals surface area contributed by atoms with E-state index in [0.717, 1.165) is 27.9 Å². The molecule has 0 fully saturated rings. The van der Waals surface area contributed by atoms with Gasteiger partial charge in [0.2, 0.25) is 0 Å². The molecule has 0 spiro atoms. The van der Waals surface area contributed by atoms with Crippen LogP contribution in [0.15, 0.2) is 0 Å². The van der Waals surface area contributed by atoms with Crippen LogP contribution >= 0.6 is 0 Å². The number of nitrogens with two attached hydrogens (primary N) is 2. The Balaban J connectivity index is 3.74. The van der Waals surface area contributed by atoms with Crippen LogP contribution in [0, 0.1) is 0 Å². The number of carboxylic acids is 1. The van der Waals surface area contributed by atoms with E-state index in [0.29, 0.717) is 13.1 Å². The Labute approximate surface area is 89.3 Å². The van der Waals surface area contributed by atoms with Crippen molar-refractivity contribution in [1.29, 1.82) is 0 Å². The number of carbonyl (C=O) groups is 1. The average Bonchev–Trinajstić information content (AvgIpc) is 2.02.